The van der Waals surface area contributed by atoms with Crippen LogP contribution in [0, 0.1) is 11.8 Å². The fourth-order valence-corrected chi connectivity index (χ4v) is 2.63. The van der Waals surface area contributed by atoms with Crippen LogP contribution in [0.1, 0.15) is 6.42 Å². The van der Waals surface area contributed by atoms with Gasteiger partial charge in [-0.15, -0.1) is 0 Å². The summed E-state index contributed by atoms with van der Waals surface area (Å²) < 4.78 is 0. The summed E-state index contributed by atoms with van der Waals surface area (Å²) in [5.41, 5.74) is 0. The first-order chi connectivity index (χ1) is 6.25. The highest BCUT2D eigenvalue weighted by atomic mass is 32.2. The Kier molecular flexibility index (Phi) is 2.79. The maximum absolute atomic E-state index is 10.5. The van der Waals surface area contributed by atoms with Crippen LogP contribution in [0.2, 0.25) is 0 Å². The van der Waals surface area contributed by atoms with E-state index in [2.05, 4.69) is 4.90 Å². The maximum atomic E-state index is 10.5. The van der Waals surface area contributed by atoms with E-state index >= 15 is 0 Å². The predicted octanol–water partition coefficient (Wildman–Crippen LogP) is 0.756. The molecular weight excluding hydrogens is 186 g/mol. The molecular formula is C9H15NO2S. The number of hydrogen-bond acceptors (Lipinski definition) is 3. The van der Waals surface area contributed by atoms with Gasteiger partial charge in [-0.25, -0.2) is 0 Å². The molecule has 2 aliphatic rings. The summed E-state index contributed by atoms with van der Waals surface area (Å²) in [4.78, 5) is 12.8. The summed E-state index contributed by atoms with van der Waals surface area (Å²) in [6, 6.07) is 0. The molecule has 2 fully saturated rings. The van der Waals surface area contributed by atoms with Crippen LogP contribution in [0.25, 0.3) is 0 Å². The van der Waals surface area contributed by atoms with E-state index in [1.807, 2.05) is 11.8 Å². The standard InChI is InChI=1S/C9H15NO2S/c11-9(12)8-3-10(4-8)2-1-7-5-13-6-7/h7-8H,1-6H2,(H,11,12). The maximum Gasteiger partial charge on any atom is 0.309 e. The van der Waals surface area contributed by atoms with Crippen LogP contribution in [0.4, 0.5) is 0 Å². The summed E-state index contributed by atoms with van der Waals surface area (Å²) in [5, 5.41) is 8.66. The van der Waals surface area contributed by atoms with Gasteiger partial charge in [-0.3, -0.25) is 4.79 Å². The van der Waals surface area contributed by atoms with Gasteiger partial charge in [0, 0.05) is 13.1 Å². The van der Waals surface area contributed by atoms with Crippen molar-refractivity contribution >= 4 is 17.7 Å². The number of thioether (sulfide) groups is 1. The molecule has 4 heteroatoms. The lowest BCUT2D eigenvalue weighted by molar-refractivity contribution is -0.147. The van der Waals surface area contributed by atoms with Crippen molar-refractivity contribution in [3.05, 3.63) is 0 Å². The molecule has 2 rings (SSSR count). The Labute approximate surface area is 82.5 Å². The minimum absolute atomic E-state index is 0.0873. The first-order valence-electron chi connectivity index (χ1n) is 4.78. The zero-order valence-corrected chi connectivity index (χ0v) is 8.42. The SMILES string of the molecule is O=C(O)C1CN(CCC2CSC2)C1. The molecule has 13 heavy (non-hydrogen) atoms. The third kappa shape index (κ3) is 2.17. The number of carboxylic acid groups (broad SMARTS) is 1. The van der Waals surface area contributed by atoms with E-state index < -0.39 is 5.97 Å². The summed E-state index contributed by atoms with van der Waals surface area (Å²) in [6.45, 7) is 2.65. The summed E-state index contributed by atoms with van der Waals surface area (Å²) in [7, 11) is 0. The number of hydrogen-bond donors (Lipinski definition) is 1. The Hall–Kier alpha value is -0.220. The second-order valence-electron chi connectivity index (χ2n) is 3.99. The largest absolute Gasteiger partial charge is 0.481 e. The molecule has 0 spiro atoms. The highest BCUT2D eigenvalue weighted by Gasteiger charge is 2.32. The molecule has 1 N–H and O–H groups in total. The average Bonchev–Trinajstić information content (AvgIpc) is 1.88. The number of carboxylic acids is 1. The zero-order chi connectivity index (χ0) is 9.26. The minimum atomic E-state index is -0.629. The molecule has 0 unspecified atom stereocenters. The Morgan fingerprint density at radius 2 is 2.15 bits per heavy atom. The average molecular weight is 201 g/mol. The van der Waals surface area contributed by atoms with Gasteiger partial charge in [0.2, 0.25) is 0 Å². The van der Waals surface area contributed by atoms with Gasteiger partial charge in [0.05, 0.1) is 5.92 Å². The van der Waals surface area contributed by atoms with Crippen molar-refractivity contribution < 1.29 is 9.90 Å². The van der Waals surface area contributed by atoms with Gasteiger partial charge in [0.15, 0.2) is 0 Å². The molecule has 2 saturated heterocycles. The zero-order valence-electron chi connectivity index (χ0n) is 7.61. The number of likely N-dealkylation sites (tertiary alicyclic amines) is 1. The molecule has 0 aromatic rings. The van der Waals surface area contributed by atoms with Crippen molar-refractivity contribution in [2.45, 2.75) is 6.42 Å². The Balaban J connectivity index is 1.56. The monoisotopic (exact) mass is 201 g/mol. The highest BCUT2D eigenvalue weighted by Crippen LogP contribution is 2.28. The van der Waals surface area contributed by atoms with E-state index in [-0.39, 0.29) is 5.92 Å². The lowest BCUT2D eigenvalue weighted by Crippen LogP contribution is -2.51. The second kappa shape index (κ2) is 3.88. The van der Waals surface area contributed by atoms with Crippen molar-refractivity contribution in [3.63, 3.8) is 0 Å². The second-order valence-corrected chi connectivity index (χ2v) is 5.06. The third-order valence-corrected chi connectivity index (χ3v) is 4.28. The molecule has 3 nitrogen and oxygen atoms in total. The van der Waals surface area contributed by atoms with Gasteiger partial charge < -0.3 is 10.0 Å². The quantitative estimate of drug-likeness (QED) is 0.729. The molecule has 0 saturated carbocycles. The van der Waals surface area contributed by atoms with E-state index in [9.17, 15) is 4.79 Å². The van der Waals surface area contributed by atoms with E-state index in [0.717, 1.165) is 25.6 Å². The first kappa shape index (κ1) is 9.34. The van der Waals surface area contributed by atoms with E-state index in [0.29, 0.717) is 0 Å². The normalized spacial score (nSPS) is 25.2. The number of rotatable bonds is 4. The number of carbonyl (C=O) groups is 1. The fraction of sp³-hybridized carbons (Fsp3) is 0.889. The first-order valence-corrected chi connectivity index (χ1v) is 5.94. The summed E-state index contributed by atoms with van der Waals surface area (Å²) in [5.74, 6) is 2.83. The van der Waals surface area contributed by atoms with Crippen LogP contribution < -0.4 is 0 Å². The van der Waals surface area contributed by atoms with Crippen molar-refractivity contribution in [2.24, 2.45) is 11.8 Å². The molecule has 0 atom stereocenters. The van der Waals surface area contributed by atoms with E-state index in [4.69, 9.17) is 5.11 Å². The molecule has 0 aromatic carbocycles. The van der Waals surface area contributed by atoms with Gasteiger partial charge in [-0.1, -0.05) is 0 Å². The van der Waals surface area contributed by atoms with E-state index in [1.165, 1.54) is 17.9 Å². The smallest absolute Gasteiger partial charge is 0.309 e. The van der Waals surface area contributed by atoms with Gasteiger partial charge in [0.25, 0.3) is 0 Å². The van der Waals surface area contributed by atoms with E-state index in [1.54, 1.807) is 0 Å². The van der Waals surface area contributed by atoms with Crippen molar-refractivity contribution in [1.82, 2.24) is 4.90 Å². The lowest BCUT2D eigenvalue weighted by atomic mass is 9.99. The molecule has 0 bridgehead atoms. The van der Waals surface area contributed by atoms with Crippen molar-refractivity contribution in [1.29, 1.82) is 0 Å². The van der Waals surface area contributed by atoms with Crippen LogP contribution in [-0.4, -0.2) is 47.1 Å². The Morgan fingerprint density at radius 1 is 1.46 bits per heavy atom. The summed E-state index contributed by atoms with van der Waals surface area (Å²) in [6.07, 6.45) is 1.26. The van der Waals surface area contributed by atoms with Gasteiger partial charge in [-0.2, -0.15) is 11.8 Å². The molecule has 0 aromatic heterocycles. The van der Waals surface area contributed by atoms with Crippen LogP contribution in [-0.2, 0) is 4.79 Å². The van der Waals surface area contributed by atoms with Crippen LogP contribution in [0.15, 0.2) is 0 Å². The Morgan fingerprint density at radius 3 is 2.62 bits per heavy atom. The van der Waals surface area contributed by atoms with Gasteiger partial charge in [-0.05, 0) is 30.4 Å². The van der Waals surface area contributed by atoms with Gasteiger partial charge >= 0.3 is 5.97 Å². The van der Waals surface area contributed by atoms with Gasteiger partial charge in [0.1, 0.15) is 0 Å². The number of aliphatic carboxylic acids is 1. The van der Waals surface area contributed by atoms with Crippen molar-refractivity contribution in [3.8, 4) is 0 Å². The molecule has 0 amide bonds. The summed E-state index contributed by atoms with van der Waals surface area (Å²) >= 11 is 2.02. The molecule has 74 valence electrons. The topological polar surface area (TPSA) is 40.5 Å². The molecule has 2 aliphatic heterocycles. The predicted molar refractivity (Wildman–Crippen MR) is 53.0 cm³/mol. The molecule has 0 radical (unpaired) electrons. The minimum Gasteiger partial charge on any atom is -0.481 e. The fourth-order valence-electron chi connectivity index (χ4n) is 1.72. The van der Waals surface area contributed by atoms with Crippen LogP contribution in [0.5, 0.6) is 0 Å². The number of nitrogens with zero attached hydrogens (tertiary/aromatic N) is 1. The molecule has 0 aliphatic carbocycles. The molecule has 2 heterocycles. The Bertz CT molecular complexity index is 200. The lowest BCUT2D eigenvalue weighted by Gasteiger charge is -2.38. The highest BCUT2D eigenvalue weighted by molar-refractivity contribution is 8.00. The van der Waals surface area contributed by atoms with Crippen LogP contribution >= 0.6 is 11.8 Å². The third-order valence-electron chi connectivity index (χ3n) is 2.87. The van der Waals surface area contributed by atoms with Crippen molar-refractivity contribution in [2.75, 3.05) is 31.1 Å². The van der Waals surface area contributed by atoms with Crippen LogP contribution in [0.3, 0.4) is 0 Å².